The Morgan fingerprint density at radius 1 is 1.17 bits per heavy atom. The maximum Gasteiger partial charge on any atom is 0.110 e. The standard InChI is InChI=1S/C9H5Br2N/c10-8(6-12)9(11)7-4-2-1-3-5-7/h1-5H. The van der Waals surface area contributed by atoms with E-state index in [9.17, 15) is 0 Å². The van der Waals surface area contributed by atoms with Crippen molar-refractivity contribution in [3.8, 4) is 6.07 Å². The van der Waals surface area contributed by atoms with E-state index in [4.69, 9.17) is 5.26 Å². The molecule has 0 fully saturated rings. The number of nitriles is 1. The zero-order valence-electron chi connectivity index (χ0n) is 6.09. The van der Waals surface area contributed by atoms with Gasteiger partial charge in [0.15, 0.2) is 0 Å². The van der Waals surface area contributed by atoms with Crippen molar-refractivity contribution in [2.45, 2.75) is 0 Å². The van der Waals surface area contributed by atoms with Crippen molar-refractivity contribution in [2.75, 3.05) is 0 Å². The molecular weight excluding hydrogens is 282 g/mol. The van der Waals surface area contributed by atoms with Crippen LogP contribution in [0.15, 0.2) is 34.8 Å². The Balaban J connectivity index is 3.11. The van der Waals surface area contributed by atoms with Crippen LogP contribution in [-0.2, 0) is 0 Å². The molecule has 0 atom stereocenters. The summed E-state index contributed by atoms with van der Waals surface area (Å²) < 4.78 is 1.29. The number of rotatable bonds is 1. The molecule has 1 aromatic rings. The molecule has 0 aliphatic heterocycles. The van der Waals surface area contributed by atoms with Crippen molar-refractivity contribution < 1.29 is 0 Å². The third-order valence-corrected chi connectivity index (χ3v) is 3.28. The minimum absolute atomic E-state index is 0.508. The van der Waals surface area contributed by atoms with E-state index < -0.39 is 0 Å². The third kappa shape index (κ3) is 2.20. The molecule has 60 valence electrons. The predicted octanol–water partition coefficient (Wildman–Crippen LogP) is 3.67. The number of halogens is 2. The molecule has 0 saturated heterocycles. The first-order chi connectivity index (χ1) is 5.75. The highest BCUT2D eigenvalue weighted by atomic mass is 79.9. The molecule has 0 aliphatic rings. The summed E-state index contributed by atoms with van der Waals surface area (Å²) in [7, 11) is 0. The van der Waals surface area contributed by atoms with Crippen LogP contribution in [0.5, 0.6) is 0 Å². The van der Waals surface area contributed by atoms with Gasteiger partial charge in [-0.2, -0.15) is 5.26 Å². The molecule has 0 heterocycles. The molecule has 1 aromatic carbocycles. The maximum atomic E-state index is 8.58. The van der Waals surface area contributed by atoms with Gasteiger partial charge < -0.3 is 0 Å². The quantitative estimate of drug-likeness (QED) is 0.723. The molecule has 0 aliphatic carbocycles. The minimum atomic E-state index is 0.508. The normalized spacial score (nSPS) is 11.8. The molecule has 0 spiro atoms. The van der Waals surface area contributed by atoms with Gasteiger partial charge in [0.2, 0.25) is 0 Å². The van der Waals surface area contributed by atoms with E-state index in [-0.39, 0.29) is 0 Å². The van der Waals surface area contributed by atoms with Gasteiger partial charge in [0, 0.05) is 4.48 Å². The molecule has 1 rings (SSSR count). The van der Waals surface area contributed by atoms with Gasteiger partial charge >= 0.3 is 0 Å². The van der Waals surface area contributed by atoms with E-state index in [0.29, 0.717) is 4.48 Å². The van der Waals surface area contributed by atoms with Crippen molar-refractivity contribution in [2.24, 2.45) is 0 Å². The highest BCUT2D eigenvalue weighted by Gasteiger charge is 2.01. The van der Waals surface area contributed by atoms with E-state index in [1.165, 1.54) is 0 Å². The molecule has 0 unspecified atom stereocenters. The van der Waals surface area contributed by atoms with Gasteiger partial charge in [-0.3, -0.25) is 0 Å². The smallest absolute Gasteiger partial charge is 0.110 e. The summed E-state index contributed by atoms with van der Waals surface area (Å²) in [6.07, 6.45) is 0. The molecule has 0 bridgehead atoms. The Labute approximate surface area is 88.0 Å². The lowest BCUT2D eigenvalue weighted by molar-refractivity contribution is 1.53. The number of hydrogen-bond acceptors (Lipinski definition) is 1. The van der Waals surface area contributed by atoms with E-state index in [1.54, 1.807) is 0 Å². The fraction of sp³-hybridized carbons (Fsp3) is 0. The van der Waals surface area contributed by atoms with E-state index in [0.717, 1.165) is 10.0 Å². The summed E-state index contributed by atoms with van der Waals surface area (Å²) in [5.41, 5.74) is 0.992. The largest absolute Gasteiger partial charge is 0.192 e. The van der Waals surface area contributed by atoms with Crippen LogP contribution in [0, 0.1) is 11.3 Å². The number of hydrogen-bond donors (Lipinski definition) is 0. The van der Waals surface area contributed by atoms with Gasteiger partial charge in [-0.15, -0.1) is 0 Å². The third-order valence-electron chi connectivity index (χ3n) is 1.32. The Morgan fingerprint density at radius 3 is 2.25 bits per heavy atom. The molecule has 0 radical (unpaired) electrons. The van der Waals surface area contributed by atoms with Crippen molar-refractivity contribution in [3.63, 3.8) is 0 Å². The van der Waals surface area contributed by atoms with Crippen molar-refractivity contribution in [1.82, 2.24) is 0 Å². The highest BCUT2D eigenvalue weighted by molar-refractivity contribution is 9.16. The van der Waals surface area contributed by atoms with Crippen LogP contribution in [-0.4, -0.2) is 0 Å². The highest BCUT2D eigenvalue weighted by Crippen LogP contribution is 2.27. The summed E-state index contributed by atoms with van der Waals surface area (Å²) in [5.74, 6) is 0. The number of benzene rings is 1. The monoisotopic (exact) mass is 285 g/mol. The second kappa shape index (κ2) is 4.44. The minimum Gasteiger partial charge on any atom is -0.192 e. The molecule has 0 amide bonds. The SMILES string of the molecule is N#CC(Br)=C(Br)c1ccccc1. The molecule has 0 aromatic heterocycles. The summed E-state index contributed by atoms with van der Waals surface area (Å²) in [5, 5.41) is 8.58. The van der Waals surface area contributed by atoms with E-state index in [2.05, 4.69) is 31.9 Å². The lowest BCUT2D eigenvalue weighted by Crippen LogP contribution is -1.76. The first-order valence-electron chi connectivity index (χ1n) is 3.26. The molecule has 0 saturated carbocycles. The van der Waals surface area contributed by atoms with Crippen LogP contribution in [0.25, 0.3) is 4.48 Å². The summed E-state index contributed by atoms with van der Waals surface area (Å²) in [6.45, 7) is 0. The Bertz CT molecular complexity index is 335. The Hall–Kier alpha value is -0.590. The van der Waals surface area contributed by atoms with E-state index in [1.807, 2.05) is 36.4 Å². The summed E-state index contributed by atoms with van der Waals surface area (Å²) in [4.78, 5) is 0. The fourth-order valence-electron chi connectivity index (χ4n) is 0.760. The van der Waals surface area contributed by atoms with Crippen LogP contribution < -0.4 is 0 Å². The Kier molecular flexibility index (Phi) is 3.51. The van der Waals surface area contributed by atoms with Crippen molar-refractivity contribution in [1.29, 1.82) is 5.26 Å². The number of nitrogens with zero attached hydrogens (tertiary/aromatic N) is 1. The predicted molar refractivity (Wildman–Crippen MR) is 56.8 cm³/mol. The van der Waals surface area contributed by atoms with Crippen LogP contribution >= 0.6 is 31.9 Å². The van der Waals surface area contributed by atoms with Crippen LogP contribution in [0.3, 0.4) is 0 Å². The van der Waals surface area contributed by atoms with Gasteiger partial charge in [0.25, 0.3) is 0 Å². The molecule has 0 N–H and O–H groups in total. The van der Waals surface area contributed by atoms with Crippen LogP contribution in [0.4, 0.5) is 0 Å². The molecular formula is C9H5Br2N. The number of allylic oxidation sites excluding steroid dienone is 1. The van der Waals surface area contributed by atoms with Gasteiger partial charge in [0.05, 0.1) is 0 Å². The van der Waals surface area contributed by atoms with Gasteiger partial charge in [-0.1, -0.05) is 30.3 Å². The van der Waals surface area contributed by atoms with Gasteiger partial charge in [-0.05, 0) is 37.4 Å². The molecule has 1 nitrogen and oxygen atoms in total. The van der Waals surface area contributed by atoms with E-state index >= 15 is 0 Å². The average molecular weight is 287 g/mol. The Morgan fingerprint density at radius 2 is 1.75 bits per heavy atom. The average Bonchev–Trinajstić information content (AvgIpc) is 2.17. The van der Waals surface area contributed by atoms with Gasteiger partial charge in [-0.25, -0.2) is 0 Å². The van der Waals surface area contributed by atoms with Crippen LogP contribution in [0.1, 0.15) is 5.56 Å². The first kappa shape index (κ1) is 9.50. The second-order valence-corrected chi connectivity index (χ2v) is 3.69. The second-order valence-electron chi connectivity index (χ2n) is 2.11. The zero-order valence-corrected chi connectivity index (χ0v) is 9.26. The van der Waals surface area contributed by atoms with Gasteiger partial charge in [0.1, 0.15) is 10.6 Å². The summed E-state index contributed by atoms with van der Waals surface area (Å²) >= 11 is 6.47. The molecule has 12 heavy (non-hydrogen) atoms. The topological polar surface area (TPSA) is 23.8 Å². The van der Waals surface area contributed by atoms with Crippen molar-refractivity contribution in [3.05, 3.63) is 40.4 Å². The lowest BCUT2D eigenvalue weighted by Gasteiger charge is -1.97. The molecule has 3 heteroatoms. The first-order valence-corrected chi connectivity index (χ1v) is 4.85. The zero-order chi connectivity index (χ0) is 8.97. The lowest BCUT2D eigenvalue weighted by atomic mass is 10.2. The van der Waals surface area contributed by atoms with Crippen LogP contribution in [0.2, 0.25) is 0 Å². The fourth-order valence-corrected chi connectivity index (χ4v) is 1.34. The summed E-state index contributed by atoms with van der Waals surface area (Å²) in [6, 6.07) is 11.7. The maximum absolute atomic E-state index is 8.58. The van der Waals surface area contributed by atoms with Crippen molar-refractivity contribution >= 4 is 36.3 Å².